The van der Waals surface area contributed by atoms with Crippen molar-refractivity contribution in [3.05, 3.63) is 113 Å². The van der Waals surface area contributed by atoms with Crippen molar-refractivity contribution in [2.24, 2.45) is 0 Å². The van der Waals surface area contributed by atoms with Crippen molar-refractivity contribution < 1.29 is 19.0 Å². The van der Waals surface area contributed by atoms with Crippen LogP contribution in [-0.4, -0.2) is 13.0 Å². The van der Waals surface area contributed by atoms with Gasteiger partial charge in [-0.2, -0.15) is 0 Å². The van der Waals surface area contributed by atoms with E-state index in [0.717, 1.165) is 11.3 Å². The third-order valence-corrected chi connectivity index (χ3v) is 5.17. The maximum atomic E-state index is 12.8. The van der Waals surface area contributed by atoms with Crippen LogP contribution in [0.3, 0.4) is 0 Å². The van der Waals surface area contributed by atoms with Gasteiger partial charge in [0.2, 0.25) is 0 Å². The Morgan fingerprint density at radius 2 is 1.52 bits per heavy atom. The average molecular weight is 460 g/mol. The molecule has 0 spiro atoms. The number of benzene rings is 4. The molecule has 6 heteroatoms. The van der Waals surface area contributed by atoms with E-state index in [-0.39, 0.29) is 12.5 Å². The Hall–Kier alpha value is -3.96. The highest BCUT2D eigenvalue weighted by atomic mass is 35.5. The van der Waals surface area contributed by atoms with E-state index in [0.29, 0.717) is 33.5 Å². The van der Waals surface area contributed by atoms with E-state index in [1.54, 1.807) is 61.7 Å². The normalized spacial score (nSPS) is 10.4. The standard InChI is InChI=1S/C27H22ClNO4/c1-31-25-16-11-19(17-20(25)18-32-26-10-6-5-9-24(26)28)27(30)29-21-12-14-23(15-13-21)33-22-7-3-2-4-8-22/h2-17H,18H2,1H3,(H,29,30). The van der Waals surface area contributed by atoms with Gasteiger partial charge in [0, 0.05) is 16.8 Å². The second-order valence-corrected chi connectivity index (χ2v) is 7.55. The molecular formula is C27H22ClNO4. The van der Waals surface area contributed by atoms with Crippen molar-refractivity contribution in [1.82, 2.24) is 0 Å². The Labute approximate surface area is 197 Å². The van der Waals surface area contributed by atoms with E-state index in [2.05, 4.69) is 5.32 Å². The van der Waals surface area contributed by atoms with Crippen molar-refractivity contribution in [2.45, 2.75) is 6.61 Å². The largest absolute Gasteiger partial charge is 0.496 e. The van der Waals surface area contributed by atoms with Gasteiger partial charge in [-0.1, -0.05) is 41.9 Å². The minimum absolute atomic E-state index is 0.208. The summed E-state index contributed by atoms with van der Waals surface area (Å²) in [5.41, 5.74) is 1.87. The molecule has 0 aromatic heterocycles. The summed E-state index contributed by atoms with van der Waals surface area (Å²) in [5, 5.41) is 3.42. The van der Waals surface area contributed by atoms with Crippen molar-refractivity contribution in [3.63, 3.8) is 0 Å². The van der Waals surface area contributed by atoms with Crippen LogP contribution in [-0.2, 0) is 6.61 Å². The van der Waals surface area contributed by atoms with Crippen molar-refractivity contribution >= 4 is 23.2 Å². The first-order chi connectivity index (χ1) is 16.1. The molecule has 0 atom stereocenters. The van der Waals surface area contributed by atoms with Crippen LogP contribution in [0.25, 0.3) is 0 Å². The lowest BCUT2D eigenvalue weighted by Gasteiger charge is -2.13. The van der Waals surface area contributed by atoms with Gasteiger partial charge in [-0.05, 0) is 66.7 Å². The van der Waals surface area contributed by atoms with Crippen LogP contribution >= 0.6 is 11.6 Å². The number of para-hydroxylation sites is 2. The Morgan fingerprint density at radius 3 is 2.24 bits per heavy atom. The molecule has 166 valence electrons. The molecule has 33 heavy (non-hydrogen) atoms. The van der Waals surface area contributed by atoms with Gasteiger partial charge in [0.1, 0.15) is 29.6 Å². The number of hydrogen-bond acceptors (Lipinski definition) is 4. The fourth-order valence-corrected chi connectivity index (χ4v) is 3.37. The van der Waals surface area contributed by atoms with E-state index < -0.39 is 0 Å². The summed E-state index contributed by atoms with van der Waals surface area (Å²) < 4.78 is 17.0. The molecule has 1 amide bonds. The molecule has 4 aromatic rings. The monoisotopic (exact) mass is 459 g/mol. The second kappa shape index (κ2) is 10.6. The molecule has 0 aliphatic heterocycles. The Balaban J connectivity index is 1.43. The number of methoxy groups -OCH3 is 1. The number of hydrogen-bond donors (Lipinski definition) is 1. The smallest absolute Gasteiger partial charge is 0.255 e. The summed E-state index contributed by atoms with van der Waals surface area (Å²) in [6, 6.07) is 29.1. The minimum Gasteiger partial charge on any atom is -0.496 e. The summed E-state index contributed by atoms with van der Waals surface area (Å²) in [4.78, 5) is 12.8. The fourth-order valence-electron chi connectivity index (χ4n) is 3.18. The predicted molar refractivity (Wildman–Crippen MR) is 130 cm³/mol. The quantitative estimate of drug-likeness (QED) is 0.309. The van der Waals surface area contributed by atoms with E-state index in [1.165, 1.54) is 0 Å². The fraction of sp³-hybridized carbons (Fsp3) is 0.0741. The highest BCUT2D eigenvalue weighted by Gasteiger charge is 2.12. The molecule has 0 saturated heterocycles. The molecule has 0 heterocycles. The number of nitrogens with one attached hydrogen (secondary N) is 1. The third-order valence-electron chi connectivity index (χ3n) is 4.85. The number of carbonyl (C=O) groups is 1. The lowest BCUT2D eigenvalue weighted by Crippen LogP contribution is -2.12. The summed E-state index contributed by atoms with van der Waals surface area (Å²) in [5.74, 6) is 2.38. The van der Waals surface area contributed by atoms with Gasteiger partial charge in [0.05, 0.1) is 12.1 Å². The van der Waals surface area contributed by atoms with Gasteiger partial charge < -0.3 is 19.5 Å². The van der Waals surface area contributed by atoms with Crippen LogP contribution < -0.4 is 19.5 Å². The molecule has 0 radical (unpaired) electrons. The van der Waals surface area contributed by atoms with Crippen molar-refractivity contribution in [2.75, 3.05) is 12.4 Å². The number of rotatable bonds is 8. The molecule has 0 saturated carbocycles. The van der Waals surface area contributed by atoms with Crippen molar-refractivity contribution in [1.29, 1.82) is 0 Å². The van der Waals surface area contributed by atoms with Gasteiger partial charge in [-0.25, -0.2) is 0 Å². The second-order valence-electron chi connectivity index (χ2n) is 7.14. The van der Waals surface area contributed by atoms with Gasteiger partial charge in [-0.3, -0.25) is 4.79 Å². The summed E-state index contributed by atoms with van der Waals surface area (Å²) in [7, 11) is 1.58. The maximum Gasteiger partial charge on any atom is 0.255 e. The molecule has 0 aliphatic rings. The molecule has 4 rings (SSSR count). The van der Waals surface area contributed by atoms with Gasteiger partial charge in [0.15, 0.2) is 0 Å². The van der Waals surface area contributed by atoms with Crippen LogP contribution in [0, 0.1) is 0 Å². The molecular weight excluding hydrogens is 438 g/mol. The Bertz CT molecular complexity index is 1230. The zero-order chi connectivity index (χ0) is 23.0. The Morgan fingerprint density at radius 1 is 0.818 bits per heavy atom. The summed E-state index contributed by atoms with van der Waals surface area (Å²) in [6.07, 6.45) is 0. The van der Waals surface area contributed by atoms with E-state index >= 15 is 0 Å². The SMILES string of the molecule is COc1ccc(C(=O)Nc2ccc(Oc3ccccc3)cc2)cc1COc1ccccc1Cl. The third kappa shape index (κ3) is 5.84. The van der Waals surface area contributed by atoms with Crippen LogP contribution in [0.4, 0.5) is 5.69 Å². The number of halogens is 1. The summed E-state index contributed by atoms with van der Waals surface area (Å²) in [6.45, 7) is 0.208. The molecule has 5 nitrogen and oxygen atoms in total. The first-order valence-corrected chi connectivity index (χ1v) is 10.7. The highest BCUT2D eigenvalue weighted by molar-refractivity contribution is 6.32. The van der Waals surface area contributed by atoms with E-state index in [4.69, 9.17) is 25.8 Å². The molecule has 0 bridgehead atoms. The van der Waals surface area contributed by atoms with Crippen LogP contribution in [0.1, 0.15) is 15.9 Å². The average Bonchev–Trinajstić information content (AvgIpc) is 2.85. The molecule has 1 N–H and O–H groups in total. The lowest BCUT2D eigenvalue weighted by atomic mass is 10.1. The van der Waals surface area contributed by atoms with Crippen LogP contribution in [0.2, 0.25) is 5.02 Å². The van der Waals surface area contributed by atoms with Crippen molar-refractivity contribution in [3.8, 4) is 23.0 Å². The van der Waals surface area contributed by atoms with Crippen LogP contribution in [0.5, 0.6) is 23.0 Å². The zero-order valence-corrected chi connectivity index (χ0v) is 18.7. The number of carbonyl (C=O) groups excluding carboxylic acids is 1. The van der Waals surface area contributed by atoms with Gasteiger partial charge in [0.25, 0.3) is 5.91 Å². The first kappa shape index (κ1) is 22.2. The molecule has 0 fully saturated rings. The number of ether oxygens (including phenoxy) is 3. The number of amides is 1. The topological polar surface area (TPSA) is 56.8 Å². The number of anilines is 1. The Kier molecular flexibility index (Phi) is 7.12. The molecule has 0 aliphatic carbocycles. The maximum absolute atomic E-state index is 12.8. The van der Waals surface area contributed by atoms with E-state index in [1.807, 2.05) is 42.5 Å². The predicted octanol–water partition coefficient (Wildman–Crippen LogP) is 6.97. The highest BCUT2D eigenvalue weighted by Crippen LogP contribution is 2.27. The van der Waals surface area contributed by atoms with Gasteiger partial charge >= 0.3 is 0 Å². The molecule has 4 aromatic carbocycles. The summed E-state index contributed by atoms with van der Waals surface area (Å²) >= 11 is 6.16. The van der Waals surface area contributed by atoms with Gasteiger partial charge in [-0.15, -0.1) is 0 Å². The molecule has 0 unspecified atom stereocenters. The minimum atomic E-state index is -0.242. The zero-order valence-electron chi connectivity index (χ0n) is 18.0. The van der Waals surface area contributed by atoms with E-state index in [9.17, 15) is 4.79 Å². The van der Waals surface area contributed by atoms with Crippen LogP contribution in [0.15, 0.2) is 97.1 Å². The lowest BCUT2D eigenvalue weighted by molar-refractivity contribution is 0.102. The first-order valence-electron chi connectivity index (χ1n) is 10.3.